The summed E-state index contributed by atoms with van der Waals surface area (Å²) in [7, 11) is 0. The second-order valence-corrected chi connectivity index (χ2v) is 7.95. The minimum Gasteiger partial charge on any atom is -0.309 e. The van der Waals surface area contributed by atoms with Crippen molar-refractivity contribution < 1.29 is 0 Å². The van der Waals surface area contributed by atoms with Crippen molar-refractivity contribution >= 4 is 0 Å². The molecule has 120 valence electrons. The van der Waals surface area contributed by atoms with Gasteiger partial charge in [-0.25, -0.2) is 0 Å². The summed E-state index contributed by atoms with van der Waals surface area (Å²) in [4.78, 5) is 0. The Balaban J connectivity index is 3.29. The third kappa shape index (κ3) is 4.85. The molecule has 1 atom stereocenters. The first-order valence-electron chi connectivity index (χ1n) is 8.55. The summed E-state index contributed by atoms with van der Waals surface area (Å²) in [5.41, 5.74) is 4.66. The fourth-order valence-corrected chi connectivity index (χ4v) is 2.89. The van der Waals surface area contributed by atoms with Gasteiger partial charge in [0.25, 0.3) is 0 Å². The standard InChI is InChI=1S/C20H35N/c1-9-12-21-19(20(6,7)8)17-11-10-16(14(2)3)13-18(17)15(4)5/h10-11,13-15,19,21H,9,12H2,1-8H3. The summed E-state index contributed by atoms with van der Waals surface area (Å²) >= 11 is 0. The van der Waals surface area contributed by atoms with Crippen LogP contribution >= 0.6 is 0 Å². The maximum Gasteiger partial charge on any atom is 0.0372 e. The van der Waals surface area contributed by atoms with Gasteiger partial charge < -0.3 is 5.32 Å². The topological polar surface area (TPSA) is 12.0 Å². The molecule has 0 aliphatic heterocycles. The second-order valence-electron chi connectivity index (χ2n) is 7.95. The van der Waals surface area contributed by atoms with Crippen LogP contribution in [-0.2, 0) is 0 Å². The molecule has 0 spiro atoms. The van der Waals surface area contributed by atoms with E-state index >= 15 is 0 Å². The molecule has 1 nitrogen and oxygen atoms in total. The molecular formula is C20H35N. The molecule has 1 aromatic rings. The van der Waals surface area contributed by atoms with E-state index in [-0.39, 0.29) is 5.41 Å². The molecule has 0 aromatic heterocycles. The smallest absolute Gasteiger partial charge is 0.0372 e. The van der Waals surface area contributed by atoms with Crippen molar-refractivity contribution in [2.75, 3.05) is 6.54 Å². The lowest BCUT2D eigenvalue weighted by molar-refractivity contribution is 0.271. The van der Waals surface area contributed by atoms with Crippen molar-refractivity contribution in [2.45, 2.75) is 79.7 Å². The van der Waals surface area contributed by atoms with E-state index in [0.29, 0.717) is 17.9 Å². The zero-order chi connectivity index (χ0) is 16.2. The highest BCUT2D eigenvalue weighted by molar-refractivity contribution is 5.38. The van der Waals surface area contributed by atoms with Gasteiger partial charge in [0.2, 0.25) is 0 Å². The van der Waals surface area contributed by atoms with Crippen LogP contribution in [0.25, 0.3) is 0 Å². The van der Waals surface area contributed by atoms with E-state index in [2.05, 4.69) is 78.9 Å². The number of rotatable bonds is 6. The van der Waals surface area contributed by atoms with Gasteiger partial charge in [0.15, 0.2) is 0 Å². The lowest BCUT2D eigenvalue weighted by atomic mass is 9.78. The maximum absolute atomic E-state index is 3.77. The fraction of sp³-hybridized carbons (Fsp3) is 0.700. The van der Waals surface area contributed by atoms with Gasteiger partial charge in [-0.2, -0.15) is 0 Å². The highest BCUT2D eigenvalue weighted by Gasteiger charge is 2.28. The van der Waals surface area contributed by atoms with Gasteiger partial charge in [0.05, 0.1) is 0 Å². The molecule has 0 saturated carbocycles. The Morgan fingerprint density at radius 1 is 0.952 bits per heavy atom. The molecule has 1 heteroatoms. The molecular weight excluding hydrogens is 254 g/mol. The molecule has 1 N–H and O–H groups in total. The normalized spacial score (nSPS) is 14.0. The Bertz CT molecular complexity index is 438. The molecule has 0 radical (unpaired) electrons. The van der Waals surface area contributed by atoms with E-state index in [4.69, 9.17) is 0 Å². The third-order valence-corrected chi connectivity index (χ3v) is 4.18. The first-order chi connectivity index (χ1) is 9.68. The van der Waals surface area contributed by atoms with E-state index in [0.717, 1.165) is 6.54 Å². The highest BCUT2D eigenvalue weighted by atomic mass is 14.9. The summed E-state index contributed by atoms with van der Waals surface area (Å²) in [5.74, 6) is 1.15. The van der Waals surface area contributed by atoms with E-state index in [1.54, 1.807) is 0 Å². The van der Waals surface area contributed by atoms with Gasteiger partial charge >= 0.3 is 0 Å². The van der Waals surface area contributed by atoms with Gasteiger partial charge in [-0.3, -0.25) is 0 Å². The van der Waals surface area contributed by atoms with Crippen LogP contribution in [0.5, 0.6) is 0 Å². The Morgan fingerprint density at radius 3 is 2.00 bits per heavy atom. The Morgan fingerprint density at radius 2 is 1.57 bits per heavy atom. The van der Waals surface area contributed by atoms with Gasteiger partial charge in [-0.15, -0.1) is 0 Å². The van der Waals surface area contributed by atoms with Crippen molar-refractivity contribution in [3.05, 3.63) is 34.9 Å². The SMILES string of the molecule is CCCNC(c1ccc(C(C)C)cc1C(C)C)C(C)(C)C. The molecule has 21 heavy (non-hydrogen) atoms. The Labute approximate surface area is 132 Å². The average Bonchev–Trinajstić information content (AvgIpc) is 2.37. The summed E-state index contributed by atoms with van der Waals surface area (Å²) in [6.07, 6.45) is 1.17. The Kier molecular flexibility index (Phi) is 6.46. The van der Waals surface area contributed by atoms with E-state index in [1.807, 2.05) is 0 Å². The van der Waals surface area contributed by atoms with Gasteiger partial charge in [-0.05, 0) is 46.9 Å². The number of hydrogen-bond acceptors (Lipinski definition) is 1. The van der Waals surface area contributed by atoms with Crippen LogP contribution in [0.1, 0.15) is 96.4 Å². The first-order valence-corrected chi connectivity index (χ1v) is 8.55. The van der Waals surface area contributed by atoms with E-state index in [1.165, 1.54) is 23.1 Å². The quantitative estimate of drug-likeness (QED) is 0.675. The van der Waals surface area contributed by atoms with Crippen molar-refractivity contribution in [1.29, 1.82) is 0 Å². The number of hydrogen-bond donors (Lipinski definition) is 1. The number of nitrogens with one attached hydrogen (secondary N) is 1. The Hall–Kier alpha value is -0.820. The van der Waals surface area contributed by atoms with Gasteiger partial charge in [0, 0.05) is 6.04 Å². The molecule has 0 amide bonds. The highest BCUT2D eigenvalue weighted by Crippen LogP contribution is 2.37. The maximum atomic E-state index is 3.77. The number of benzene rings is 1. The first kappa shape index (κ1) is 18.2. The largest absolute Gasteiger partial charge is 0.309 e. The monoisotopic (exact) mass is 289 g/mol. The van der Waals surface area contributed by atoms with Crippen molar-refractivity contribution in [1.82, 2.24) is 5.32 Å². The van der Waals surface area contributed by atoms with Crippen molar-refractivity contribution in [3.63, 3.8) is 0 Å². The predicted octanol–water partition coefficient (Wildman–Crippen LogP) is 6.02. The lowest BCUT2D eigenvalue weighted by Gasteiger charge is -2.34. The van der Waals surface area contributed by atoms with E-state index < -0.39 is 0 Å². The van der Waals surface area contributed by atoms with Crippen LogP contribution in [0.15, 0.2) is 18.2 Å². The molecule has 0 fully saturated rings. The minimum atomic E-state index is 0.220. The molecule has 0 aliphatic carbocycles. The summed E-state index contributed by atoms with van der Waals surface area (Å²) in [6.45, 7) is 19.5. The molecule has 0 heterocycles. The molecule has 1 unspecified atom stereocenters. The lowest BCUT2D eigenvalue weighted by Crippen LogP contribution is -2.33. The summed E-state index contributed by atoms with van der Waals surface area (Å²) in [6, 6.07) is 7.52. The van der Waals surface area contributed by atoms with Crippen LogP contribution in [0.4, 0.5) is 0 Å². The van der Waals surface area contributed by atoms with Gasteiger partial charge in [-0.1, -0.05) is 73.6 Å². The van der Waals surface area contributed by atoms with Crippen LogP contribution < -0.4 is 5.32 Å². The predicted molar refractivity (Wildman–Crippen MR) is 95.1 cm³/mol. The molecule has 0 bridgehead atoms. The zero-order valence-electron chi connectivity index (χ0n) is 15.4. The van der Waals surface area contributed by atoms with Crippen LogP contribution in [0, 0.1) is 5.41 Å². The molecule has 1 aromatic carbocycles. The second kappa shape index (κ2) is 7.45. The molecule has 1 rings (SSSR count). The van der Waals surface area contributed by atoms with Crippen molar-refractivity contribution in [3.8, 4) is 0 Å². The van der Waals surface area contributed by atoms with E-state index in [9.17, 15) is 0 Å². The summed E-state index contributed by atoms with van der Waals surface area (Å²) in [5, 5.41) is 3.77. The summed E-state index contributed by atoms with van der Waals surface area (Å²) < 4.78 is 0. The molecule has 0 aliphatic rings. The zero-order valence-corrected chi connectivity index (χ0v) is 15.4. The van der Waals surface area contributed by atoms with Crippen LogP contribution in [0.2, 0.25) is 0 Å². The van der Waals surface area contributed by atoms with Crippen LogP contribution in [0.3, 0.4) is 0 Å². The van der Waals surface area contributed by atoms with Crippen LogP contribution in [-0.4, -0.2) is 6.54 Å². The average molecular weight is 290 g/mol. The minimum absolute atomic E-state index is 0.220. The van der Waals surface area contributed by atoms with Crippen molar-refractivity contribution in [2.24, 2.45) is 5.41 Å². The fourth-order valence-electron chi connectivity index (χ4n) is 2.89. The van der Waals surface area contributed by atoms with Gasteiger partial charge in [0.1, 0.15) is 0 Å². The molecule has 0 saturated heterocycles. The third-order valence-electron chi connectivity index (χ3n) is 4.18.